The summed E-state index contributed by atoms with van der Waals surface area (Å²) >= 11 is 0. The standard InChI is InChI=1S/C16H16F3NO4/c1-9-11-4-3-10(22-2)7-12(11)24-14(9)15(21)20-5-6-23-13(8-20)16(17,18)19/h3-4,7,13H,5-6,8H2,1-2H3/t13-/m0/s1. The Kier molecular flexibility index (Phi) is 4.16. The fraction of sp³-hybridized carbons (Fsp3) is 0.438. The SMILES string of the molecule is COc1ccc2c(C)c(C(=O)N3CCO[C@H](C(F)(F)F)C3)oc2c1. The molecule has 2 heterocycles. The molecule has 1 fully saturated rings. The van der Waals surface area contributed by atoms with E-state index in [1.54, 1.807) is 25.1 Å². The van der Waals surface area contributed by atoms with Gasteiger partial charge in [0.2, 0.25) is 0 Å². The smallest absolute Gasteiger partial charge is 0.416 e. The van der Waals surface area contributed by atoms with Crippen molar-refractivity contribution in [2.24, 2.45) is 0 Å². The van der Waals surface area contributed by atoms with E-state index in [-0.39, 0.29) is 18.9 Å². The predicted molar refractivity (Wildman–Crippen MR) is 79.2 cm³/mol. The van der Waals surface area contributed by atoms with E-state index in [1.165, 1.54) is 7.11 Å². The number of methoxy groups -OCH3 is 1. The van der Waals surface area contributed by atoms with Crippen LogP contribution in [-0.2, 0) is 4.74 Å². The minimum Gasteiger partial charge on any atom is -0.497 e. The van der Waals surface area contributed by atoms with Crippen molar-refractivity contribution in [1.82, 2.24) is 4.90 Å². The summed E-state index contributed by atoms with van der Waals surface area (Å²) in [6, 6.07) is 5.12. The molecule has 0 saturated carbocycles. The number of alkyl halides is 3. The van der Waals surface area contributed by atoms with Crippen LogP contribution in [0.25, 0.3) is 11.0 Å². The summed E-state index contributed by atoms with van der Waals surface area (Å²) in [4.78, 5) is 13.7. The maximum atomic E-state index is 12.8. The van der Waals surface area contributed by atoms with Crippen LogP contribution < -0.4 is 4.74 Å². The van der Waals surface area contributed by atoms with Crippen molar-refractivity contribution < 1.29 is 31.9 Å². The van der Waals surface area contributed by atoms with Crippen LogP contribution in [0, 0.1) is 6.92 Å². The summed E-state index contributed by atoms with van der Waals surface area (Å²) in [5, 5.41) is 0.722. The zero-order valence-corrected chi connectivity index (χ0v) is 13.1. The number of fused-ring (bicyclic) bond motifs is 1. The van der Waals surface area contributed by atoms with Gasteiger partial charge < -0.3 is 18.8 Å². The number of nitrogens with zero attached hydrogens (tertiary/aromatic N) is 1. The van der Waals surface area contributed by atoms with Gasteiger partial charge in [-0.15, -0.1) is 0 Å². The Balaban J connectivity index is 1.89. The van der Waals surface area contributed by atoms with Crippen molar-refractivity contribution in [2.75, 3.05) is 26.8 Å². The highest BCUT2D eigenvalue weighted by molar-refractivity contribution is 5.99. The summed E-state index contributed by atoms with van der Waals surface area (Å²) < 4.78 is 53.8. The lowest BCUT2D eigenvalue weighted by Gasteiger charge is -2.33. The largest absolute Gasteiger partial charge is 0.497 e. The fourth-order valence-corrected chi connectivity index (χ4v) is 2.71. The molecular formula is C16H16F3NO4. The number of morpholine rings is 1. The van der Waals surface area contributed by atoms with Crippen LogP contribution >= 0.6 is 0 Å². The molecule has 0 unspecified atom stereocenters. The lowest BCUT2D eigenvalue weighted by molar-refractivity contribution is -0.233. The molecule has 130 valence electrons. The molecule has 2 aromatic rings. The molecule has 1 aromatic carbocycles. The molecule has 1 aliphatic rings. The van der Waals surface area contributed by atoms with Crippen LogP contribution in [0.15, 0.2) is 22.6 Å². The summed E-state index contributed by atoms with van der Waals surface area (Å²) in [6.07, 6.45) is -6.48. The first-order valence-corrected chi connectivity index (χ1v) is 7.36. The first-order valence-electron chi connectivity index (χ1n) is 7.36. The third-order valence-corrected chi connectivity index (χ3v) is 4.06. The molecule has 1 aliphatic heterocycles. The Morgan fingerprint density at radius 1 is 1.38 bits per heavy atom. The number of aryl methyl sites for hydroxylation is 1. The second kappa shape index (κ2) is 6.01. The Hall–Kier alpha value is -2.22. The molecule has 0 N–H and O–H groups in total. The van der Waals surface area contributed by atoms with E-state index in [0.717, 1.165) is 10.3 Å². The molecule has 0 aliphatic carbocycles. The summed E-state index contributed by atoms with van der Waals surface area (Å²) in [6.45, 7) is 1.09. The quantitative estimate of drug-likeness (QED) is 0.841. The van der Waals surface area contributed by atoms with E-state index in [4.69, 9.17) is 13.9 Å². The maximum Gasteiger partial charge on any atom is 0.416 e. The van der Waals surface area contributed by atoms with Crippen LogP contribution in [0.5, 0.6) is 5.75 Å². The molecule has 24 heavy (non-hydrogen) atoms. The number of carbonyl (C=O) groups excluding carboxylic acids is 1. The zero-order chi connectivity index (χ0) is 17.5. The number of amides is 1. The number of rotatable bonds is 2. The maximum absolute atomic E-state index is 12.8. The van der Waals surface area contributed by atoms with Gasteiger partial charge >= 0.3 is 6.18 Å². The van der Waals surface area contributed by atoms with Gasteiger partial charge in [0, 0.05) is 23.6 Å². The number of halogens is 3. The number of ether oxygens (including phenoxy) is 2. The Labute approximate surface area is 135 Å². The molecule has 3 rings (SSSR count). The van der Waals surface area contributed by atoms with Gasteiger partial charge in [0.1, 0.15) is 11.3 Å². The first kappa shape index (κ1) is 16.6. The summed E-state index contributed by atoms with van der Waals surface area (Å²) in [7, 11) is 1.51. The monoisotopic (exact) mass is 343 g/mol. The van der Waals surface area contributed by atoms with Gasteiger partial charge in [-0.25, -0.2) is 0 Å². The molecular weight excluding hydrogens is 327 g/mol. The molecule has 0 bridgehead atoms. The number of hydrogen-bond donors (Lipinski definition) is 0. The highest BCUT2D eigenvalue weighted by Gasteiger charge is 2.44. The van der Waals surface area contributed by atoms with Crippen LogP contribution in [0.2, 0.25) is 0 Å². The van der Waals surface area contributed by atoms with Crippen molar-refractivity contribution in [2.45, 2.75) is 19.2 Å². The minimum absolute atomic E-state index is 0.0427. The molecule has 0 spiro atoms. The van der Waals surface area contributed by atoms with E-state index < -0.39 is 24.7 Å². The number of hydrogen-bond acceptors (Lipinski definition) is 4. The normalized spacial score (nSPS) is 18.9. The molecule has 1 amide bonds. The topological polar surface area (TPSA) is 51.9 Å². The summed E-state index contributed by atoms with van der Waals surface area (Å²) in [5.41, 5.74) is 1.04. The van der Waals surface area contributed by atoms with Crippen LogP contribution in [0.4, 0.5) is 13.2 Å². The van der Waals surface area contributed by atoms with E-state index in [0.29, 0.717) is 16.9 Å². The lowest BCUT2D eigenvalue weighted by atomic mass is 10.1. The Morgan fingerprint density at radius 2 is 2.12 bits per heavy atom. The van der Waals surface area contributed by atoms with Gasteiger partial charge in [-0.05, 0) is 19.1 Å². The number of carbonyl (C=O) groups is 1. The van der Waals surface area contributed by atoms with Crippen LogP contribution in [0.3, 0.4) is 0 Å². The predicted octanol–water partition coefficient (Wildman–Crippen LogP) is 3.15. The second-order valence-corrected chi connectivity index (χ2v) is 5.57. The van der Waals surface area contributed by atoms with Gasteiger partial charge in [-0.2, -0.15) is 13.2 Å². The average molecular weight is 343 g/mol. The van der Waals surface area contributed by atoms with Gasteiger partial charge in [-0.3, -0.25) is 4.79 Å². The lowest BCUT2D eigenvalue weighted by Crippen LogP contribution is -2.51. The second-order valence-electron chi connectivity index (χ2n) is 5.57. The van der Waals surface area contributed by atoms with E-state index in [9.17, 15) is 18.0 Å². The Morgan fingerprint density at radius 3 is 2.79 bits per heavy atom. The molecule has 0 radical (unpaired) electrons. The highest BCUT2D eigenvalue weighted by Crippen LogP contribution is 2.31. The van der Waals surface area contributed by atoms with Crippen molar-refractivity contribution >= 4 is 16.9 Å². The molecule has 1 aromatic heterocycles. The van der Waals surface area contributed by atoms with Crippen molar-refractivity contribution in [3.8, 4) is 5.75 Å². The third kappa shape index (κ3) is 2.93. The van der Waals surface area contributed by atoms with Crippen molar-refractivity contribution in [1.29, 1.82) is 0 Å². The molecule has 5 nitrogen and oxygen atoms in total. The number of furan rings is 1. The molecule has 1 atom stereocenters. The Bertz CT molecular complexity index is 769. The molecule has 8 heteroatoms. The fourth-order valence-electron chi connectivity index (χ4n) is 2.71. The van der Waals surface area contributed by atoms with Crippen LogP contribution in [0.1, 0.15) is 16.1 Å². The van der Waals surface area contributed by atoms with Crippen LogP contribution in [-0.4, -0.2) is 49.9 Å². The van der Waals surface area contributed by atoms with Crippen molar-refractivity contribution in [3.05, 3.63) is 29.5 Å². The highest BCUT2D eigenvalue weighted by atomic mass is 19.4. The van der Waals surface area contributed by atoms with Crippen molar-refractivity contribution in [3.63, 3.8) is 0 Å². The van der Waals surface area contributed by atoms with Gasteiger partial charge in [-0.1, -0.05) is 0 Å². The van der Waals surface area contributed by atoms with Gasteiger partial charge in [0.25, 0.3) is 5.91 Å². The summed E-state index contributed by atoms with van der Waals surface area (Å²) in [5.74, 6) is 0.0417. The minimum atomic E-state index is -4.50. The van der Waals surface area contributed by atoms with E-state index >= 15 is 0 Å². The van der Waals surface area contributed by atoms with Gasteiger partial charge in [0.05, 0.1) is 20.3 Å². The zero-order valence-electron chi connectivity index (χ0n) is 13.1. The third-order valence-electron chi connectivity index (χ3n) is 4.06. The first-order chi connectivity index (χ1) is 11.3. The number of benzene rings is 1. The van der Waals surface area contributed by atoms with E-state index in [1.807, 2.05) is 0 Å². The van der Waals surface area contributed by atoms with E-state index in [2.05, 4.69) is 0 Å². The average Bonchev–Trinajstić information content (AvgIpc) is 2.89. The van der Waals surface area contributed by atoms with Gasteiger partial charge in [0.15, 0.2) is 11.9 Å². The molecule has 1 saturated heterocycles.